The minimum absolute atomic E-state index is 0.0963. The van der Waals surface area contributed by atoms with Crippen molar-refractivity contribution in [2.45, 2.75) is 38.8 Å². The van der Waals surface area contributed by atoms with Crippen molar-refractivity contribution < 1.29 is 9.59 Å². The predicted molar refractivity (Wildman–Crippen MR) is 135 cm³/mol. The Labute approximate surface area is 203 Å². The van der Waals surface area contributed by atoms with Gasteiger partial charge in [0.05, 0.1) is 20.5 Å². The molecule has 7 heteroatoms. The smallest absolute Gasteiger partial charge is 0.261 e. The zero-order valence-electron chi connectivity index (χ0n) is 18.6. The Morgan fingerprint density at radius 3 is 2.61 bits per heavy atom. The summed E-state index contributed by atoms with van der Waals surface area (Å²) < 4.78 is 0. The highest BCUT2D eigenvalue weighted by Gasteiger charge is 2.24. The second-order valence-corrected chi connectivity index (χ2v) is 9.83. The number of anilines is 1. The van der Waals surface area contributed by atoms with Gasteiger partial charge < -0.3 is 10.6 Å². The van der Waals surface area contributed by atoms with Crippen molar-refractivity contribution in [3.8, 4) is 0 Å². The second-order valence-electron chi connectivity index (χ2n) is 8.37. The molecule has 2 aromatic carbocycles. The molecule has 1 unspecified atom stereocenters. The maximum atomic E-state index is 12.9. The summed E-state index contributed by atoms with van der Waals surface area (Å²) in [6.07, 6.45) is 3.45. The van der Waals surface area contributed by atoms with E-state index in [0.717, 1.165) is 25.1 Å². The number of thiophene rings is 1. The van der Waals surface area contributed by atoms with Gasteiger partial charge in [-0.2, -0.15) is 0 Å². The molecule has 4 rings (SSSR count). The number of halogens is 1. The molecule has 33 heavy (non-hydrogen) atoms. The summed E-state index contributed by atoms with van der Waals surface area (Å²) in [7, 11) is 0. The number of carbonyl (C=O) groups excluding carboxylic acids is 2. The molecule has 1 fully saturated rings. The molecule has 1 saturated heterocycles. The van der Waals surface area contributed by atoms with E-state index >= 15 is 0 Å². The predicted octanol–water partition coefficient (Wildman–Crippen LogP) is 5.75. The average molecular weight is 482 g/mol. The monoisotopic (exact) mass is 481 g/mol. The standard InChI is InChI=1S/C26H28ClN3O2S/c1-18-15-23(29-25(31)21-12-5-6-13-22(21)27)33-24(18)26(32)28-16-20-11-7-8-14-30(20)17-19-9-3-2-4-10-19/h2-6,9-10,12-13,15,20H,7-8,11,14,16-17H2,1H3,(H,28,32)(H,29,31). The van der Waals surface area contributed by atoms with E-state index in [1.807, 2.05) is 19.1 Å². The number of piperidine rings is 1. The molecule has 3 aromatic rings. The summed E-state index contributed by atoms with van der Waals surface area (Å²) in [4.78, 5) is 28.6. The van der Waals surface area contributed by atoms with Crippen LogP contribution in [0.2, 0.25) is 5.02 Å². The van der Waals surface area contributed by atoms with E-state index < -0.39 is 0 Å². The summed E-state index contributed by atoms with van der Waals surface area (Å²) in [5, 5.41) is 7.02. The number of aryl methyl sites for hydroxylation is 1. The van der Waals surface area contributed by atoms with E-state index in [2.05, 4.69) is 39.8 Å². The summed E-state index contributed by atoms with van der Waals surface area (Å²) in [5.74, 6) is -0.381. The summed E-state index contributed by atoms with van der Waals surface area (Å²) in [6.45, 7) is 4.45. The van der Waals surface area contributed by atoms with Gasteiger partial charge in [-0.15, -0.1) is 11.3 Å². The first-order valence-corrected chi connectivity index (χ1v) is 12.4. The number of nitrogens with zero attached hydrogens (tertiary/aromatic N) is 1. The Kier molecular flexibility index (Phi) is 7.81. The molecule has 1 atom stereocenters. The van der Waals surface area contributed by atoms with Crippen LogP contribution in [0, 0.1) is 6.92 Å². The quantitative estimate of drug-likeness (QED) is 0.452. The van der Waals surface area contributed by atoms with Crippen molar-refractivity contribution in [3.05, 3.63) is 87.3 Å². The van der Waals surface area contributed by atoms with Crippen LogP contribution >= 0.6 is 22.9 Å². The maximum Gasteiger partial charge on any atom is 0.261 e. The van der Waals surface area contributed by atoms with Gasteiger partial charge >= 0.3 is 0 Å². The molecule has 2 N–H and O–H groups in total. The topological polar surface area (TPSA) is 61.4 Å². The van der Waals surface area contributed by atoms with Crippen LogP contribution in [0.5, 0.6) is 0 Å². The van der Waals surface area contributed by atoms with Gasteiger partial charge in [0.25, 0.3) is 11.8 Å². The number of hydrogen-bond acceptors (Lipinski definition) is 4. The van der Waals surface area contributed by atoms with Gasteiger partial charge in [-0.05, 0) is 55.6 Å². The second kappa shape index (κ2) is 11.0. The highest BCUT2D eigenvalue weighted by atomic mass is 35.5. The van der Waals surface area contributed by atoms with E-state index in [-0.39, 0.29) is 11.8 Å². The van der Waals surface area contributed by atoms with Gasteiger partial charge in [0.1, 0.15) is 0 Å². The molecule has 172 valence electrons. The number of amides is 2. The van der Waals surface area contributed by atoms with E-state index in [1.54, 1.807) is 24.3 Å². The normalized spacial score (nSPS) is 16.4. The van der Waals surface area contributed by atoms with Gasteiger partial charge in [-0.3, -0.25) is 14.5 Å². The van der Waals surface area contributed by atoms with Crippen molar-refractivity contribution in [1.82, 2.24) is 10.2 Å². The van der Waals surface area contributed by atoms with Gasteiger partial charge in [0.15, 0.2) is 0 Å². The summed E-state index contributed by atoms with van der Waals surface area (Å²) in [6, 6.07) is 19.5. The molecule has 0 spiro atoms. The number of nitrogens with one attached hydrogen (secondary N) is 2. The van der Waals surface area contributed by atoms with Crippen LogP contribution in [0.1, 0.15) is 50.4 Å². The Hall–Kier alpha value is -2.67. The van der Waals surface area contributed by atoms with Crippen LogP contribution < -0.4 is 10.6 Å². The van der Waals surface area contributed by atoms with Crippen LogP contribution in [-0.2, 0) is 6.54 Å². The SMILES string of the molecule is Cc1cc(NC(=O)c2ccccc2Cl)sc1C(=O)NCC1CCCCN1Cc1ccccc1. The fourth-order valence-electron chi connectivity index (χ4n) is 4.20. The van der Waals surface area contributed by atoms with Gasteiger partial charge in [0, 0.05) is 19.1 Å². The first-order chi connectivity index (χ1) is 16.0. The van der Waals surface area contributed by atoms with Crippen molar-refractivity contribution in [1.29, 1.82) is 0 Å². The number of benzene rings is 2. The lowest BCUT2D eigenvalue weighted by molar-refractivity contribution is 0.0910. The third kappa shape index (κ3) is 6.02. The third-order valence-corrected chi connectivity index (χ3v) is 7.44. The van der Waals surface area contributed by atoms with E-state index in [9.17, 15) is 9.59 Å². The number of rotatable bonds is 7. The molecule has 1 aliphatic rings. The summed E-state index contributed by atoms with van der Waals surface area (Å²) in [5.41, 5.74) is 2.55. The fraction of sp³-hybridized carbons (Fsp3) is 0.308. The molecule has 1 aromatic heterocycles. The minimum Gasteiger partial charge on any atom is -0.350 e. The van der Waals surface area contributed by atoms with Gasteiger partial charge in [0.2, 0.25) is 0 Å². The fourth-order valence-corrected chi connectivity index (χ4v) is 5.41. The molecular weight excluding hydrogens is 454 g/mol. The van der Waals surface area contributed by atoms with E-state index in [1.165, 1.54) is 29.7 Å². The Morgan fingerprint density at radius 2 is 1.82 bits per heavy atom. The molecule has 2 heterocycles. The maximum absolute atomic E-state index is 12.9. The number of hydrogen-bond donors (Lipinski definition) is 2. The Balaban J connectivity index is 1.36. The lowest BCUT2D eigenvalue weighted by Crippen LogP contribution is -2.46. The highest BCUT2D eigenvalue weighted by molar-refractivity contribution is 7.18. The van der Waals surface area contributed by atoms with Crippen LogP contribution in [0.25, 0.3) is 0 Å². The minimum atomic E-state index is -0.285. The van der Waals surface area contributed by atoms with Crippen molar-refractivity contribution in [3.63, 3.8) is 0 Å². The van der Waals surface area contributed by atoms with E-state index in [4.69, 9.17) is 11.6 Å². The van der Waals surface area contributed by atoms with Crippen LogP contribution in [0.3, 0.4) is 0 Å². The lowest BCUT2D eigenvalue weighted by Gasteiger charge is -2.35. The molecule has 1 aliphatic heterocycles. The zero-order chi connectivity index (χ0) is 23.2. The zero-order valence-corrected chi connectivity index (χ0v) is 20.2. The molecular formula is C26H28ClN3O2S. The van der Waals surface area contributed by atoms with Crippen molar-refractivity contribution >= 4 is 39.8 Å². The van der Waals surface area contributed by atoms with Crippen LogP contribution in [0.4, 0.5) is 5.00 Å². The molecule has 5 nitrogen and oxygen atoms in total. The van der Waals surface area contributed by atoms with Crippen LogP contribution in [0.15, 0.2) is 60.7 Å². The highest BCUT2D eigenvalue weighted by Crippen LogP contribution is 2.28. The van der Waals surface area contributed by atoms with Crippen molar-refractivity contribution in [2.24, 2.45) is 0 Å². The van der Waals surface area contributed by atoms with Crippen LogP contribution in [-0.4, -0.2) is 35.8 Å². The largest absolute Gasteiger partial charge is 0.350 e. The molecule has 0 bridgehead atoms. The Bertz CT molecular complexity index is 1120. The van der Waals surface area contributed by atoms with Gasteiger partial charge in [-0.1, -0.05) is 60.5 Å². The first-order valence-electron chi connectivity index (χ1n) is 11.2. The van der Waals surface area contributed by atoms with Gasteiger partial charge in [-0.25, -0.2) is 0 Å². The number of carbonyl (C=O) groups is 2. The molecule has 0 radical (unpaired) electrons. The molecule has 0 saturated carbocycles. The number of likely N-dealkylation sites (tertiary alicyclic amines) is 1. The summed E-state index contributed by atoms with van der Waals surface area (Å²) >= 11 is 7.41. The molecule has 2 amide bonds. The van der Waals surface area contributed by atoms with E-state index in [0.29, 0.717) is 33.1 Å². The van der Waals surface area contributed by atoms with Crippen molar-refractivity contribution in [2.75, 3.05) is 18.4 Å². The average Bonchev–Trinajstić information content (AvgIpc) is 3.19. The Morgan fingerprint density at radius 1 is 1.06 bits per heavy atom. The lowest BCUT2D eigenvalue weighted by atomic mass is 10.0. The molecule has 0 aliphatic carbocycles. The first kappa shape index (κ1) is 23.5. The third-order valence-electron chi connectivity index (χ3n) is 5.96.